The van der Waals surface area contributed by atoms with Crippen LogP contribution >= 0.6 is 23.2 Å². The van der Waals surface area contributed by atoms with Gasteiger partial charge in [0.15, 0.2) is 0 Å². The minimum atomic E-state index is -0.0229. The summed E-state index contributed by atoms with van der Waals surface area (Å²) in [6.45, 7) is 4.34. The molecule has 3 atom stereocenters. The van der Waals surface area contributed by atoms with Gasteiger partial charge in [-0.3, -0.25) is 4.79 Å². The maximum absolute atomic E-state index is 12.0. The van der Waals surface area contributed by atoms with Crippen LogP contribution in [0.4, 0.5) is 5.95 Å². The Morgan fingerprint density at radius 3 is 2.61 bits per heavy atom. The van der Waals surface area contributed by atoms with Crippen molar-refractivity contribution in [3.63, 3.8) is 0 Å². The maximum atomic E-state index is 12.0. The molecule has 1 saturated carbocycles. The highest BCUT2D eigenvalue weighted by molar-refractivity contribution is 6.41. The zero-order chi connectivity index (χ0) is 23.3. The van der Waals surface area contributed by atoms with Crippen LogP contribution in [-0.2, 0) is 4.79 Å². The Bertz CT molecular complexity index is 1250. The van der Waals surface area contributed by atoms with Gasteiger partial charge >= 0.3 is 0 Å². The van der Waals surface area contributed by atoms with Crippen LogP contribution in [0.1, 0.15) is 6.42 Å². The molecule has 2 bridgehead atoms. The number of carbonyl (C=O) groups excluding carboxylic acids is 1. The molecule has 1 N–H and O–H groups in total. The van der Waals surface area contributed by atoms with Gasteiger partial charge in [-0.05, 0) is 30.2 Å². The third kappa shape index (κ3) is 3.56. The van der Waals surface area contributed by atoms with Crippen molar-refractivity contribution < 1.29 is 14.3 Å². The number of methoxy groups -OCH3 is 2. The summed E-state index contributed by atoms with van der Waals surface area (Å²) in [5.41, 5.74) is 2.20. The zero-order valence-electron chi connectivity index (χ0n) is 18.1. The fraction of sp³-hybridized carbons (Fsp3) is 0.292. The molecule has 1 amide bonds. The van der Waals surface area contributed by atoms with Crippen molar-refractivity contribution >= 4 is 46.0 Å². The molecule has 170 valence electrons. The van der Waals surface area contributed by atoms with Crippen LogP contribution in [0.3, 0.4) is 0 Å². The first kappa shape index (κ1) is 21.8. The summed E-state index contributed by atoms with van der Waals surface area (Å²) in [5.74, 6) is 1.88. The van der Waals surface area contributed by atoms with Crippen LogP contribution in [0.2, 0.25) is 10.0 Å². The van der Waals surface area contributed by atoms with Crippen molar-refractivity contribution in [2.24, 2.45) is 5.92 Å². The number of amides is 1. The lowest BCUT2D eigenvalue weighted by Crippen LogP contribution is -2.49. The average molecular weight is 485 g/mol. The van der Waals surface area contributed by atoms with Crippen LogP contribution < -0.4 is 14.8 Å². The zero-order valence-corrected chi connectivity index (χ0v) is 19.7. The van der Waals surface area contributed by atoms with E-state index >= 15 is 0 Å². The van der Waals surface area contributed by atoms with Crippen LogP contribution in [-0.4, -0.2) is 53.6 Å². The molecule has 2 aromatic carbocycles. The fourth-order valence-corrected chi connectivity index (χ4v) is 5.47. The van der Waals surface area contributed by atoms with Gasteiger partial charge in [-0.15, -0.1) is 0 Å². The van der Waals surface area contributed by atoms with Crippen LogP contribution in [0.15, 0.2) is 43.1 Å². The molecule has 2 saturated heterocycles. The Balaban J connectivity index is 1.43. The SMILES string of the molecule is C=CC(=O)N1C[C@H]2C[C@@H]1C2Nc1ncc2cc(-c3c(Cl)c(OC)cc(OC)c3Cl)ccc2n1. The van der Waals surface area contributed by atoms with Gasteiger partial charge in [-0.2, -0.15) is 0 Å². The molecule has 1 aliphatic carbocycles. The third-order valence-electron chi connectivity index (χ3n) is 6.49. The van der Waals surface area contributed by atoms with E-state index in [0.717, 1.165) is 29.4 Å². The number of fused-ring (bicyclic) bond motifs is 2. The quantitative estimate of drug-likeness (QED) is 0.505. The Morgan fingerprint density at radius 2 is 1.94 bits per heavy atom. The van der Waals surface area contributed by atoms with E-state index in [4.69, 9.17) is 32.7 Å². The number of hydrogen-bond acceptors (Lipinski definition) is 6. The van der Waals surface area contributed by atoms with Gasteiger partial charge in [0.25, 0.3) is 0 Å². The summed E-state index contributed by atoms with van der Waals surface area (Å²) >= 11 is 13.1. The lowest BCUT2D eigenvalue weighted by atomic mass is 9.80. The second-order valence-corrected chi connectivity index (χ2v) is 8.94. The van der Waals surface area contributed by atoms with Gasteiger partial charge in [0.1, 0.15) is 11.5 Å². The second-order valence-electron chi connectivity index (χ2n) is 8.18. The predicted octanol–water partition coefficient (Wildman–Crippen LogP) is 4.82. The molecule has 3 fully saturated rings. The van der Waals surface area contributed by atoms with Gasteiger partial charge in [0, 0.05) is 35.7 Å². The van der Waals surface area contributed by atoms with Crippen molar-refractivity contribution in [2.75, 3.05) is 26.1 Å². The molecule has 3 aromatic rings. The predicted molar refractivity (Wildman–Crippen MR) is 129 cm³/mol. The highest BCUT2D eigenvalue weighted by atomic mass is 35.5. The lowest BCUT2D eigenvalue weighted by Gasteiger charge is -2.36. The number of halogens is 2. The summed E-state index contributed by atoms with van der Waals surface area (Å²) in [6, 6.07) is 7.72. The van der Waals surface area contributed by atoms with Crippen molar-refractivity contribution in [2.45, 2.75) is 18.5 Å². The Morgan fingerprint density at radius 1 is 1.21 bits per heavy atom. The second kappa shape index (κ2) is 8.39. The van der Waals surface area contributed by atoms with E-state index in [0.29, 0.717) is 39.0 Å². The van der Waals surface area contributed by atoms with Crippen molar-refractivity contribution in [3.05, 3.63) is 53.2 Å². The van der Waals surface area contributed by atoms with Crippen LogP contribution in [0, 0.1) is 5.92 Å². The molecular weight excluding hydrogens is 463 g/mol. The van der Waals surface area contributed by atoms with Crippen LogP contribution in [0.5, 0.6) is 11.5 Å². The summed E-state index contributed by atoms with van der Waals surface area (Å²) in [6.07, 6.45) is 4.14. The van der Waals surface area contributed by atoms with Crippen molar-refractivity contribution in [3.8, 4) is 22.6 Å². The Kier molecular flexibility index (Phi) is 5.54. The molecule has 33 heavy (non-hydrogen) atoms. The molecule has 0 radical (unpaired) electrons. The normalized spacial score (nSPS) is 21.0. The standard InChI is InChI=1S/C24H22Cl2N4O3/c1-4-19(31)30-11-14-8-16(30)23(14)29-24-27-10-13-7-12(5-6-15(13)28-24)20-21(25)17(32-2)9-18(33-3)22(20)26/h4-7,9-10,14,16,23H,1,8,11H2,2-3H3,(H,27,28,29)/t14-,16-,23?/m1/s1. The van der Waals surface area contributed by atoms with Gasteiger partial charge < -0.3 is 19.7 Å². The van der Waals surface area contributed by atoms with Gasteiger partial charge in [0.05, 0.1) is 41.9 Å². The largest absolute Gasteiger partial charge is 0.495 e. The average Bonchev–Trinajstić information content (AvgIpc) is 3.42. The van der Waals surface area contributed by atoms with Crippen molar-refractivity contribution in [1.82, 2.24) is 14.9 Å². The van der Waals surface area contributed by atoms with E-state index in [1.165, 1.54) is 6.08 Å². The topological polar surface area (TPSA) is 76.6 Å². The van der Waals surface area contributed by atoms with Crippen molar-refractivity contribution in [1.29, 1.82) is 0 Å². The number of nitrogens with zero attached hydrogens (tertiary/aromatic N) is 3. The molecule has 1 unspecified atom stereocenters. The molecule has 0 spiro atoms. The Labute approximate surface area is 201 Å². The summed E-state index contributed by atoms with van der Waals surface area (Å²) in [4.78, 5) is 23.1. The highest BCUT2D eigenvalue weighted by Crippen LogP contribution is 2.46. The molecule has 2 aliphatic heterocycles. The van der Waals surface area contributed by atoms with E-state index in [9.17, 15) is 4.79 Å². The molecule has 6 rings (SSSR count). The number of nitrogens with one attached hydrogen (secondary N) is 1. The Hall–Kier alpha value is -3.03. The number of anilines is 1. The highest BCUT2D eigenvalue weighted by Gasteiger charge is 2.53. The number of carbonyl (C=O) groups is 1. The first-order valence-corrected chi connectivity index (χ1v) is 11.3. The summed E-state index contributed by atoms with van der Waals surface area (Å²) < 4.78 is 10.8. The van der Waals surface area contributed by atoms with Gasteiger partial charge in [-0.25, -0.2) is 9.97 Å². The number of rotatable bonds is 6. The maximum Gasteiger partial charge on any atom is 0.246 e. The molecule has 3 aliphatic rings. The molecular formula is C24H22Cl2N4O3. The molecule has 3 heterocycles. The molecule has 7 nitrogen and oxygen atoms in total. The summed E-state index contributed by atoms with van der Waals surface area (Å²) in [7, 11) is 3.09. The fourth-order valence-electron chi connectivity index (χ4n) is 4.75. The first-order chi connectivity index (χ1) is 15.9. The van der Waals surface area contributed by atoms with Gasteiger partial charge in [0.2, 0.25) is 11.9 Å². The lowest BCUT2D eigenvalue weighted by molar-refractivity contribution is -0.126. The smallest absolute Gasteiger partial charge is 0.246 e. The van der Waals surface area contributed by atoms with E-state index in [1.54, 1.807) is 26.5 Å². The van der Waals surface area contributed by atoms with Gasteiger partial charge in [-0.1, -0.05) is 35.8 Å². The molecule has 9 heteroatoms. The van der Waals surface area contributed by atoms with E-state index in [-0.39, 0.29) is 18.0 Å². The minimum absolute atomic E-state index is 0.0229. The monoisotopic (exact) mass is 484 g/mol. The van der Waals surface area contributed by atoms with Crippen LogP contribution in [0.25, 0.3) is 22.0 Å². The summed E-state index contributed by atoms with van der Waals surface area (Å²) in [5, 5.41) is 5.06. The van der Waals surface area contributed by atoms with E-state index in [2.05, 4.69) is 21.9 Å². The first-order valence-electron chi connectivity index (χ1n) is 10.5. The number of aromatic nitrogens is 2. The number of ether oxygens (including phenoxy) is 2. The minimum Gasteiger partial charge on any atom is -0.495 e. The third-order valence-corrected chi connectivity index (χ3v) is 7.24. The number of hydrogen-bond donors (Lipinski definition) is 1. The molecule has 1 aromatic heterocycles. The van der Waals surface area contributed by atoms with E-state index in [1.807, 2.05) is 23.1 Å². The van der Waals surface area contributed by atoms with E-state index < -0.39 is 0 Å². The number of benzene rings is 2.